The van der Waals surface area contributed by atoms with Crippen molar-refractivity contribution < 1.29 is 19.1 Å². The summed E-state index contributed by atoms with van der Waals surface area (Å²) in [5.74, 6) is 1.05. The SMILES string of the molecule is CC.COC(=O)[C@H](CC(C)C)N1C(=O)CSC1c1ccc(OC)cc1. The number of amides is 1. The van der Waals surface area contributed by atoms with Crippen LogP contribution in [-0.2, 0) is 14.3 Å². The van der Waals surface area contributed by atoms with Gasteiger partial charge in [0.1, 0.15) is 17.2 Å². The molecule has 0 aromatic heterocycles. The van der Waals surface area contributed by atoms with Crippen molar-refractivity contribution in [3.63, 3.8) is 0 Å². The molecule has 0 spiro atoms. The van der Waals surface area contributed by atoms with Crippen molar-refractivity contribution in [2.24, 2.45) is 5.92 Å². The zero-order valence-corrected chi connectivity index (χ0v) is 16.8. The third-order valence-corrected chi connectivity index (χ3v) is 5.04. The van der Waals surface area contributed by atoms with Gasteiger partial charge < -0.3 is 14.4 Å². The van der Waals surface area contributed by atoms with Gasteiger partial charge in [-0.25, -0.2) is 4.79 Å². The molecule has 1 aromatic carbocycles. The Kier molecular flexibility index (Phi) is 8.83. The Morgan fingerprint density at radius 3 is 2.32 bits per heavy atom. The van der Waals surface area contributed by atoms with Crippen LogP contribution in [0.5, 0.6) is 5.75 Å². The Labute approximate surface area is 155 Å². The molecule has 1 aliphatic rings. The molecule has 25 heavy (non-hydrogen) atoms. The highest BCUT2D eigenvalue weighted by atomic mass is 32.2. The Morgan fingerprint density at radius 2 is 1.84 bits per heavy atom. The Hall–Kier alpha value is -1.69. The minimum absolute atomic E-state index is 0.0214. The Balaban J connectivity index is 0.00000151. The number of hydrogen-bond acceptors (Lipinski definition) is 5. The summed E-state index contributed by atoms with van der Waals surface area (Å²) in [7, 11) is 2.98. The lowest BCUT2D eigenvalue weighted by molar-refractivity contribution is -0.152. The smallest absolute Gasteiger partial charge is 0.328 e. The highest BCUT2D eigenvalue weighted by molar-refractivity contribution is 8.00. The van der Waals surface area contributed by atoms with Gasteiger partial charge in [-0.05, 0) is 30.0 Å². The van der Waals surface area contributed by atoms with Gasteiger partial charge in [0.25, 0.3) is 0 Å². The van der Waals surface area contributed by atoms with Crippen molar-refractivity contribution in [2.45, 2.75) is 45.5 Å². The first-order chi connectivity index (χ1) is 12.0. The zero-order chi connectivity index (χ0) is 19.0. The van der Waals surface area contributed by atoms with Crippen LogP contribution < -0.4 is 4.74 Å². The first-order valence-electron chi connectivity index (χ1n) is 8.62. The van der Waals surface area contributed by atoms with Crippen LogP contribution in [-0.4, -0.2) is 42.8 Å². The first-order valence-corrected chi connectivity index (χ1v) is 9.67. The number of esters is 1. The predicted octanol–water partition coefficient (Wildman–Crippen LogP) is 3.88. The molecule has 6 heteroatoms. The lowest BCUT2D eigenvalue weighted by Crippen LogP contribution is -2.44. The van der Waals surface area contributed by atoms with Gasteiger partial charge in [-0.3, -0.25) is 4.79 Å². The highest BCUT2D eigenvalue weighted by Crippen LogP contribution is 2.41. The molecule has 140 valence electrons. The molecule has 1 aliphatic heterocycles. The first kappa shape index (κ1) is 21.4. The molecular weight excluding hydrogens is 338 g/mol. The average Bonchev–Trinajstić information content (AvgIpc) is 3.02. The molecule has 1 amide bonds. The number of benzene rings is 1. The van der Waals surface area contributed by atoms with E-state index in [9.17, 15) is 9.59 Å². The number of thioether (sulfide) groups is 1. The molecule has 1 heterocycles. The third-order valence-electron chi connectivity index (χ3n) is 3.81. The van der Waals surface area contributed by atoms with Crippen molar-refractivity contribution in [1.82, 2.24) is 4.90 Å². The van der Waals surface area contributed by atoms with Crippen LogP contribution in [0.4, 0.5) is 0 Å². The van der Waals surface area contributed by atoms with Gasteiger partial charge in [-0.15, -0.1) is 11.8 Å². The number of carbonyl (C=O) groups excluding carboxylic acids is 2. The van der Waals surface area contributed by atoms with E-state index in [0.29, 0.717) is 12.2 Å². The predicted molar refractivity (Wildman–Crippen MR) is 102 cm³/mol. The summed E-state index contributed by atoms with van der Waals surface area (Å²) in [5, 5.41) is -0.170. The van der Waals surface area contributed by atoms with Gasteiger partial charge >= 0.3 is 5.97 Å². The maximum Gasteiger partial charge on any atom is 0.328 e. The molecule has 2 rings (SSSR count). The van der Waals surface area contributed by atoms with Gasteiger partial charge in [0, 0.05) is 0 Å². The van der Waals surface area contributed by atoms with E-state index >= 15 is 0 Å². The van der Waals surface area contributed by atoms with Crippen molar-refractivity contribution in [3.8, 4) is 5.75 Å². The van der Waals surface area contributed by atoms with Gasteiger partial charge in [-0.1, -0.05) is 39.8 Å². The van der Waals surface area contributed by atoms with Crippen molar-refractivity contribution in [3.05, 3.63) is 29.8 Å². The number of nitrogens with zero attached hydrogens (tertiary/aromatic N) is 1. The number of hydrogen-bond donors (Lipinski definition) is 0. The third kappa shape index (κ3) is 5.39. The molecule has 0 aliphatic carbocycles. The van der Waals surface area contributed by atoms with E-state index in [2.05, 4.69) is 0 Å². The normalized spacial score (nSPS) is 17.8. The van der Waals surface area contributed by atoms with E-state index in [1.165, 1.54) is 18.9 Å². The highest BCUT2D eigenvalue weighted by Gasteiger charge is 2.41. The van der Waals surface area contributed by atoms with Crippen LogP contribution in [0, 0.1) is 5.92 Å². The van der Waals surface area contributed by atoms with E-state index in [1.807, 2.05) is 52.0 Å². The van der Waals surface area contributed by atoms with Crippen LogP contribution in [0.3, 0.4) is 0 Å². The van der Waals surface area contributed by atoms with Gasteiger partial charge in [0.2, 0.25) is 5.91 Å². The van der Waals surface area contributed by atoms with Gasteiger partial charge in [-0.2, -0.15) is 0 Å². The summed E-state index contributed by atoms with van der Waals surface area (Å²) in [6, 6.07) is 7.06. The molecule has 0 radical (unpaired) electrons. The number of carbonyl (C=O) groups is 2. The minimum Gasteiger partial charge on any atom is -0.497 e. The molecule has 0 bridgehead atoms. The average molecular weight is 368 g/mol. The molecule has 0 saturated carbocycles. The molecule has 5 nitrogen and oxygen atoms in total. The van der Waals surface area contributed by atoms with Crippen LogP contribution in [0.25, 0.3) is 0 Å². The lowest BCUT2D eigenvalue weighted by atomic mass is 10.0. The van der Waals surface area contributed by atoms with Crippen molar-refractivity contribution in [2.75, 3.05) is 20.0 Å². The summed E-state index contributed by atoms with van der Waals surface area (Å²) < 4.78 is 10.1. The van der Waals surface area contributed by atoms with Crippen LogP contribution >= 0.6 is 11.8 Å². The van der Waals surface area contributed by atoms with E-state index in [0.717, 1.165) is 11.3 Å². The van der Waals surface area contributed by atoms with Crippen LogP contribution in [0.1, 0.15) is 45.1 Å². The fraction of sp³-hybridized carbons (Fsp3) is 0.579. The standard InChI is InChI=1S/C17H23NO4S.C2H6/c1-11(2)9-14(17(20)22-4)18-15(19)10-23-16(18)12-5-7-13(21-3)8-6-12;1-2/h5-8,11,14,16H,9-10H2,1-4H3;1-2H3/t14-,16?;/m0./s1. The quantitative estimate of drug-likeness (QED) is 0.714. The lowest BCUT2D eigenvalue weighted by Gasteiger charge is -2.32. The summed E-state index contributed by atoms with van der Waals surface area (Å²) >= 11 is 1.54. The second-order valence-corrected chi connectivity index (χ2v) is 6.97. The molecule has 0 N–H and O–H groups in total. The van der Waals surface area contributed by atoms with Crippen LogP contribution in [0.2, 0.25) is 0 Å². The van der Waals surface area contributed by atoms with E-state index in [4.69, 9.17) is 9.47 Å². The molecule has 2 atom stereocenters. The molecule has 1 fully saturated rings. The number of ether oxygens (including phenoxy) is 2. The zero-order valence-electron chi connectivity index (χ0n) is 15.9. The topological polar surface area (TPSA) is 55.8 Å². The van der Waals surface area contributed by atoms with Gasteiger partial charge in [0.15, 0.2) is 0 Å². The van der Waals surface area contributed by atoms with Crippen LogP contribution in [0.15, 0.2) is 24.3 Å². The molecule has 1 saturated heterocycles. The largest absolute Gasteiger partial charge is 0.497 e. The summed E-state index contributed by atoms with van der Waals surface area (Å²) in [6.07, 6.45) is 0.589. The molecular formula is C19H29NO4S. The maximum absolute atomic E-state index is 12.4. The van der Waals surface area contributed by atoms with Gasteiger partial charge in [0.05, 0.1) is 20.0 Å². The van der Waals surface area contributed by atoms with E-state index < -0.39 is 6.04 Å². The molecule has 1 aromatic rings. The fourth-order valence-electron chi connectivity index (χ4n) is 2.70. The van der Waals surface area contributed by atoms with Crippen molar-refractivity contribution in [1.29, 1.82) is 0 Å². The summed E-state index contributed by atoms with van der Waals surface area (Å²) in [6.45, 7) is 8.07. The summed E-state index contributed by atoms with van der Waals surface area (Å²) in [5.41, 5.74) is 0.985. The number of rotatable bonds is 6. The monoisotopic (exact) mass is 367 g/mol. The Morgan fingerprint density at radius 1 is 1.24 bits per heavy atom. The summed E-state index contributed by atoms with van der Waals surface area (Å²) in [4.78, 5) is 26.3. The second kappa shape index (κ2) is 10.3. The van der Waals surface area contributed by atoms with Crippen molar-refractivity contribution >= 4 is 23.6 Å². The second-order valence-electron chi connectivity index (χ2n) is 5.91. The Bertz CT molecular complexity index is 559. The number of methoxy groups -OCH3 is 2. The maximum atomic E-state index is 12.4. The van der Waals surface area contributed by atoms with E-state index in [1.54, 1.807) is 12.0 Å². The fourth-order valence-corrected chi connectivity index (χ4v) is 3.93. The minimum atomic E-state index is -0.547. The van der Waals surface area contributed by atoms with E-state index in [-0.39, 0.29) is 23.2 Å². The molecule has 1 unspecified atom stereocenters.